The fraction of sp³-hybridized carbons (Fsp3) is 0.304. The summed E-state index contributed by atoms with van der Waals surface area (Å²) in [5, 5.41) is 3.36. The van der Waals surface area contributed by atoms with Gasteiger partial charge in [0.1, 0.15) is 0 Å². The van der Waals surface area contributed by atoms with E-state index in [1.807, 2.05) is 12.1 Å². The number of carbonyl (C=O) groups is 1. The predicted octanol–water partition coefficient (Wildman–Crippen LogP) is 5.10. The average molecular weight is 390 g/mol. The molecule has 4 nitrogen and oxygen atoms in total. The van der Waals surface area contributed by atoms with Crippen molar-refractivity contribution in [3.63, 3.8) is 0 Å². The number of nitrogens with zero attached hydrogens (tertiary/aromatic N) is 2. The number of imidazole rings is 1. The summed E-state index contributed by atoms with van der Waals surface area (Å²) >= 11 is 1.65. The van der Waals surface area contributed by atoms with Gasteiger partial charge in [0.2, 0.25) is 0 Å². The van der Waals surface area contributed by atoms with Gasteiger partial charge in [-0.3, -0.25) is 9.20 Å². The van der Waals surface area contributed by atoms with Crippen molar-refractivity contribution in [1.29, 1.82) is 0 Å². The molecule has 0 amide bonds. The largest absolute Gasteiger partial charge is 0.317 e. The molecule has 142 valence electrons. The second-order valence-electron chi connectivity index (χ2n) is 7.75. The number of nitrogens with one attached hydrogen (secondary N) is 1. The zero-order valence-corrected chi connectivity index (χ0v) is 16.8. The van der Waals surface area contributed by atoms with Crippen LogP contribution in [0.4, 0.5) is 0 Å². The highest BCUT2D eigenvalue weighted by Crippen LogP contribution is 2.31. The van der Waals surface area contributed by atoms with Crippen LogP contribution in [0.5, 0.6) is 0 Å². The van der Waals surface area contributed by atoms with Gasteiger partial charge in [0.15, 0.2) is 10.7 Å². The van der Waals surface area contributed by atoms with E-state index < -0.39 is 0 Å². The van der Waals surface area contributed by atoms with E-state index in [-0.39, 0.29) is 5.78 Å². The number of aromatic nitrogens is 2. The average Bonchev–Trinajstić information content (AvgIpc) is 3.26. The highest BCUT2D eigenvalue weighted by molar-refractivity contribution is 7.23. The third kappa shape index (κ3) is 3.25. The van der Waals surface area contributed by atoms with Crippen molar-refractivity contribution < 1.29 is 4.79 Å². The SMILES string of the molecule is Cc1cccc(-c2cn3c(n2)sc2cc(C(=O)CC4CCNCC4)ccc23)c1. The van der Waals surface area contributed by atoms with E-state index in [9.17, 15) is 4.79 Å². The molecule has 5 rings (SSSR count). The van der Waals surface area contributed by atoms with Crippen LogP contribution < -0.4 is 5.32 Å². The fourth-order valence-electron chi connectivity index (χ4n) is 4.08. The predicted molar refractivity (Wildman–Crippen MR) is 115 cm³/mol. The molecule has 3 heterocycles. The van der Waals surface area contributed by atoms with Crippen molar-refractivity contribution in [2.24, 2.45) is 5.92 Å². The molecule has 1 fully saturated rings. The van der Waals surface area contributed by atoms with Gasteiger partial charge in [-0.15, -0.1) is 0 Å². The Labute approximate surface area is 168 Å². The topological polar surface area (TPSA) is 46.4 Å². The molecular formula is C23H23N3OS. The minimum Gasteiger partial charge on any atom is -0.317 e. The summed E-state index contributed by atoms with van der Waals surface area (Å²) < 4.78 is 3.26. The lowest BCUT2D eigenvalue weighted by Crippen LogP contribution is -2.28. The molecular weight excluding hydrogens is 366 g/mol. The van der Waals surface area contributed by atoms with Crippen LogP contribution in [0.15, 0.2) is 48.7 Å². The number of ketones is 1. The Kier molecular flexibility index (Phi) is 4.49. The molecule has 1 aliphatic rings. The lowest BCUT2D eigenvalue weighted by atomic mass is 9.90. The summed E-state index contributed by atoms with van der Waals surface area (Å²) in [7, 11) is 0. The van der Waals surface area contributed by atoms with Crippen LogP contribution >= 0.6 is 11.3 Å². The summed E-state index contributed by atoms with van der Waals surface area (Å²) in [6.45, 7) is 4.16. The summed E-state index contributed by atoms with van der Waals surface area (Å²) in [4.78, 5) is 18.5. The van der Waals surface area contributed by atoms with Gasteiger partial charge in [0, 0.05) is 23.7 Å². The lowest BCUT2D eigenvalue weighted by Gasteiger charge is -2.21. The molecule has 2 aromatic carbocycles. The molecule has 0 saturated carbocycles. The normalized spacial score (nSPS) is 15.5. The van der Waals surface area contributed by atoms with Gasteiger partial charge < -0.3 is 5.32 Å². The number of hydrogen-bond donors (Lipinski definition) is 1. The fourth-order valence-corrected chi connectivity index (χ4v) is 5.13. The van der Waals surface area contributed by atoms with E-state index in [4.69, 9.17) is 4.98 Å². The monoisotopic (exact) mass is 389 g/mol. The Morgan fingerprint density at radius 1 is 1.21 bits per heavy atom. The van der Waals surface area contributed by atoms with Crippen LogP contribution in [0, 0.1) is 12.8 Å². The first-order valence-electron chi connectivity index (χ1n) is 9.90. The summed E-state index contributed by atoms with van der Waals surface area (Å²) in [5.74, 6) is 0.780. The Balaban J connectivity index is 1.45. The Morgan fingerprint density at radius 2 is 2.07 bits per heavy atom. The Bertz CT molecular complexity index is 1170. The van der Waals surface area contributed by atoms with E-state index in [0.29, 0.717) is 12.3 Å². The van der Waals surface area contributed by atoms with Crippen molar-refractivity contribution in [1.82, 2.24) is 14.7 Å². The number of Topliss-reactive ketones (excluding diaryl/α,β-unsaturated/α-hetero) is 1. The number of rotatable bonds is 4. The van der Waals surface area contributed by atoms with Crippen molar-refractivity contribution in [3.8, 4) is 11.3 Å². The number of hydrogen-bond acceptors (Lipinski definition) is 4. The molecule has 0 spiro atoms. The Hall–Kier alpha value is -2.50. The summed E-state index contributed by atoms with van der Waals surface area (Å²) in [6.07, 6.45) is 4.96. The van der Waals surface area contributed by atoms with E-state index in [2.05, 4.69) is 53.2 Å². The van der Waals surface area contributed by atoms with Crippen molar-refractivity contribution in [2.45, 2.75) is 26.2 Å². The molecule has 2 aromatic heterocycles. The van der Waals surface area contributed by atoms with E-state index >= 15 is 0 Å². The van der Waals surface area contributed by atoms with E-state index in [0.717, 1.165) is 57.9 Å². The van der Waals surface area contributed by atoms with Crippen molar-refractivity contribution in [2.75, 3.05) is 13.1 Å². The van der Waals surface area contributed by atoms with Crippen molar-refractivity contribution in [3.05, 3.63) is 59.8 Å². The maximum Gasteiger partial charge on any atom is 0.195 e. The standard InChI is InChI=1S/C23H23N3OS/c1-15-3-2-4-17(11-15)19-14-26-20-6-5-18(13-22(20)28-23(26)25-19)21(27)12-16-7-9-24-10-8-16/h2-6,11,13-14,16,24H,7-10,12H2,1H3. The number of piperidine rings is 1. The first-order chi connectivity index (χ1) is 13.7. The first-order valence-corrected chi connectivity index (χ1v) is 10.7. The number of aryl methyl sites for hydroxylation is 1. The molecule has 4 aromatic rings. The van der Waals surface area contributed by atoms with Crippen molar-refractivity contribution >= 4 is 32.3 Å². The van der Waals surface area contributed by atoms with Gasteiger partial charge in [-0.05, 0) is 63.0 Å². The zero-order valence-electron chi connectivity index (χ0n) is 15.9. The maximum atomic E-state index is 12.7. The van der Waals surface area contributed by atoms with Crippen LogP contribution in [-0.4, -0.2) is 28.3 Å². The van der Waals surface area contributed by atoms with Crippen LogP contribution in [0.3, 0.4) is 0 Å². The molecule has 5 heteroatoms. The van der Waals surface area contributed by atoms with Crippen LogP contribution in [0.25, 0.3) is 26.4 Å². The second kappa shape index (κ2) is 7.15. The molecule has 1 N–H and O–H groups in total. The zero-order chi connectivity index (χ0) is 19.1. The Morgan fingerprint density at radius 3 is 2.89 bits per heavy atom. The van der Waals surface area contributed by atoms with Gasteiger partial charge in [-0.2, -0.15) is 0 Å². The minimum atomic E-state index is 0.264. The highest BCUT2D eigenvalue weighted by atomic mass is 32.1. The van der Waals surface area contributed by atoms with E-state index in [1.54, 1.807) is 11.3 Å². The number of benzene rings is 2. The molecule has 0 aliphatic carbocycles. The third-order valence-corrected chi connectivity index (χ3v) is 6.68. The van der Waals surface area contributed by atoms with Gasteiger partial charge >= 0.3 is 0 Å². The van der Waals surface area contributed by atoms with E-state index in [1.165, 1.54) is 5.56 Å². The summed E-state index contributed by atoms with van der Waals surface area (Å²) in [5.41, 5.74) is 5.30. The summed E-state index contributed by atoms with van der Waals surface area (Å²) in [6, 6.07) is 14.5. The number of carbonyl (C=O) groups excluding carboxylic acids is 1. The van der Waals surface area contributed by atoms with Gasteiger partial charge in [0.05, 0.1) is 15.9 Å². The maximum absolute atomic E-state index is 12.7. The molecule has 1 saturated heterocycles. The molecule has 0 radical (unpaired) electrons. The van der Waals surface area contributed by atoms with Gasteiger partial charge in [-0.25, -0.2) is 4.98 Å². The lowest BCUT2D eigenvalue weighted by molar-refractivity contribution is 0.0952. The quantitative estimate of drug-likeness (QED) is 0.494. The van der Waals surface area contributed by atoms with Crippen LogP contribution in [0.2, 0.25) is 0 Å². The first kappa shape index (κ1) is 17.6. The molecule has 1 aliphatic heterocycles. The number of fused-ring (bicyclic) bond motifs is 3. The van der Waals surface area contributed by atoms with Gasteiger partial charge in [0.25, 0.3) is 0 Å². The van der Waals surface area contributed by atoms with Gasteiger partial charge in [-0.1, -0.05) is 35.1 Å². The third-order valence-electron chi connectivity index (χ3n) is 5.66. The molecule has 0 atom stereocenters. The smallest absolute Gasteiger partial charge is 0.195 e. The number of thiazole rings is 1. The van der Waals surface area contributed by atoms with Crippen LogP contribution in [0.1, 0.15) is 35.2 Å². The highest BCUT2D eigenvalue weighted by Gasteiger charge is 2.19. The molecule has 0 unspecified atom stereocenters. The molecule has 0 bridgehead atoms. The molecule has 28 heavy (non-hydrogen) atoms. The second-order valence-corrected chi connectivity index (χ2v) is 8.76. The van der Waals surface area contributed by atoms with Crippen LogP contribution in [-0.2, 0) is 0 Å². The minimum absolute atomic E-state index is 0.264.